The molecule has 0 saturated carbocycles. The lowest BCUT2D eigenvalue weighted by Gasteiger charge is -2.27. The van der Waals surface area contributed by atoms with Crippen LogP contribution in [0.1, 0.15) is 129 Å². The van der Waals surface area contributed by atoms with Crippen LogP contribution in [0.3, 0.4) is 0 Å². The number of carboxylic acids is 4. The fourth-order valence-electron chi connectivity index (χ4n) is 4.98. The number of carboxylic acid groups (broad SMARTS) is 4. The summed E-state index contributed by atoms with van der Waals surface area (Å²) in [5, 5.41) is 39.0. The minimum absolute atomic E-state index is 0.0151. The molecule has 256 valence electrons. The summed E-state index contributed by atoms with van der Waals surface area (Å²) in [6.07, 6.45) is 20.6. The lowest BCUT2D eigenvalue weighted by Crippen LogP contribution is -2.46. The third kappa shape index (κ3) is 23.4. The van der Waals surface area contributed by atoms with Gasteiger partial charge < -0.3 is 30.6 Å². The summed E-state index contributed by atoms with van der Waals surface area (Å²) >= 11 is 0. The van der Waals surface area contributed by atoms with E-state index in [1.165, 1.54) is 70.6 Å². The molecule has 1 atom stereocenters. The third-order valence-corrected chi connectivity index (χ3v) is 7.43. The van der Waals surface area contributed by atoms with Crippen LogP contribution < -0.4 is 5.32 Å². The standard InChI is InChI=1S/C33H54N2O10/c1-2-3-4-5-6-7-8-9-10-11-12-13-14-15-16-17-19-26(24-30(39)40)32(43)34-22-18-23-35(28(36)20-21-29(37)38)27(33(44)45)25-31(41)42/h20-21,24,27H,2-19,22-23,25H2,1H3,(H,34,43)(H,37,38)(H,39,40)(H,41,42)(H,44,45)/t27-/m0/s1. The Morgan fingerprint density at radius 2 is 1.13 bits per heavy atom. The lowest BCUT2D eigenvalue weighted by atomic mass is 10.0. The van der Waals surface area contributed by atoms with Crippen LogP contribution in [0.15, 0.2) is 23.8 Å². The van der Waals surface area contributed by atoms with Crippen molar-refractivity contribution in [1.82, 2.24) is 10.2 Å². The van der Waals surface area contributed by atoms with Crippen molar-refractivity contribution in [3.63, 3.8) is 0 Å². The highest BCUT2D eigenvalue weighted by atomic mass is 16.4. The molecule has 0 aliphatic heterocycles. The van der Waals surface area contributed by atoms with E-state index in [0.717, 1.165) is 31.8 Å². The maximum atomic E-state index is 12.6. The van der Waals surface area contributed by atoms with Gasteiger partial charge in [-0.3, -0.25) is 14.4 Å². The largest absolute Gasteiger partial charge is 0.481 e. The number of nitrogens with zero attached hydrogens (tertiary/aromatic N) is 1. The molecule has 2 amide bonds. The van der Waals surface area contributed by atoms with Gasteiger partial charge in [0.25, 0.3) is 0 Å². The first kappa shape index (κ1) is 41.3. The van der Waals surface area contributed by atoms with Gasteiger partial charge in [0, 0.05) is 36.9 Å². The van der Waals surface area contributed by atoms with Gasteiger partial charge >= 0.3 is 23.9 Å². The number of aliphatic carboxylic acids is 4. The number of unbranched alkanes of at least 4 members (excludes halogenated alkanes) is 15. The van der Waals surface area contributed by atoms with Gasteiger partial charge in [0.05, 0.1) is 6.42 Å². The second-order valence-corrected chi connectivity index (χ2v) is 11.3. The van der Waals surface area contributed by atoms with Crippen molar-refractivity contribution in [3.8, 4) is 0 Å². The quantitative estimate of drug-likeness (QED) is 0.0511. The van der Waals surface area contributed by atoms with E-state index in [-0.39, 0.29) is 31.5 Å². The molecule has 0 saturated heterocycles. The molecular formula is C33H54N2O10. The Morgan fingerprint density at radius 3 is 1.56 bits per heavy atom. The minimum Gasteiger partial charge on any atom is -0.481 e. The summed E-state index contributed by atoms with van der Waals surface area (Å²) in [6, 6.07) is -1.75. The van der Waals surface area contributed by atoms with Crippen LogP contribution in [0.25, 0.3) is 0 Å². The van der Waals surface area contributed by atoms with Crippen LogP contribution in [0.2, 0.25) is 0 Å². The van der Waals surface area contributed by atoms with Crippen LogP contribution in [0.5, 0.6) is 0 Å². The van der Waals surface area contributed by atoms with Gasteiger partial charge in [0.2, 0.25) is 11.8 Å². The van der Waals surface area contributed by atoms with E-state index in [1.54, 1.807) is 0 Å². The molecule has 0 heterocycles. The first-order valence-electron chi connectivity index (χ1n) is 16.4. The zero-order valence-corrected chi connectivity index (χ0v) is 26.8. The topological polar surface area (TPSA) is 199 Å². The molecule has 0 aromatic rings. The zero-order chi connectivity index (χ0) is 33.9. The van der Waals surface area contributed by atoms with E-state index in [0.29, 0.717) is 23.5 Å². The van der Waals surface area contributed by atoms with E-state index < -0.39 is 48.2 Å². The highest BCUT2D eigenvalue weighted by molar-refractivity contribution is 5.99. The molecule has 0 radical (unpaired) electrons. The zero-order valence-electron chi connectivity index (χ0n) is 26.8. The molecule has 0 aromatic heterocycles. The summed E-state index contributed by atoms with van der Waals surface area (Å²) in [7, 11) is 0. The molecule has 12 heteroatoms. The Hall–Kier alpha value is -3.70. The normalized spacial score (nSPS) is 12.2. The van der Waals surface area contributed by atoms with Crippen molar-refractivity contribution in [3.05, 3.63) is 23.8 Å². The highest BCUT2D eigenvalue weighted by Gasteiger charge is 2.30. The molecule has 0 aromatic carbocycles. The average Bonchev–Trinajstić information content (AvgIpc) is 2.97. The summed E-state index contributed by atoms with van der Waals surface area (Å²) < 4.78 is 0. The van der Waals surface area contributed by atoms with Crippen molar-refractivity contribution >= 4 is 35.7 Å². The predicted molar refractivity (Wildman–Crippen MR) is 170 cm³/mol. The van der Waals surface area contributed by atoms with E-state index >= 15 is 0 Å². The predicted octanol–water partition coefficient (Wildman–Crippen LogP) is 5.55. The van der Waals surface area contributed by atoms with Gasteiger partial charge in [0.15, 0.2) is 0 Å². The molecule has 0 rings (SSSR count). The molecule has 0 unspecified atom stereocenters. The maximum absolute atomic E-state index is 12.6. The summed E-state index contributed by atoms with van der Waals surface area (Å²) in [5.74, 6) is -7.34. The molecular weight excluding hydrogens is 584 g/mol. The molecule has 0 fully saturated rings. The number of carbonyl (C=O) groups is 6. The highest BCUT2D eigenvalue weighted by Crippen LogP contribution is 2.16. The van der Waals surface area contributed by atoms with Crippen molar-refractivity contribution in [1.29, 1.82) is 0 Å². The van der Waals surface area contributed by atoms with Crippen LogP contribution in [0.4, 0.5) is 0 Å². The molecule has 45 heavy (non-hydrogen) atoms. The number of amides is 2. The summed E-state index contributed by atoms with van der Waals surface area (Å²) in [6.45, 7) is 1.89. The third-order valence-electron chi connectivity index (χ3n) is 7.43. The molecule has 12 nitrogen and oxygen atoms in total. The Labute approximate surface area is 266 Å². The van der Waals surface area contributed by atoms with Gasteiger partial charge in [-0.25, -0.2) is 14.4 Å². The van der Waals surface area contributed by atoms with Crippen molar-refractivity contribution in [2.24, 2.45) is 0 Å². The second kappa shape index (κ2) is 26.7. The van der Waals surface area contributed by atoms with Gasteiger partial charge in [-0.2, -0.15) is 0 Å². The van der Waals surface area contributed by atoms with E-state index in [4.69, 9.17) is 10.2 Å². The second-order valence-electron chi connectivity index (χ2n) is 11.3. The smallest absolute Gasteiger partial charge is 0.328 e. The average molecular weight is 639 g/mol. The molecule has 0 spiro atoms. The van der Waals surface area contributed by atoms with Gasteiger partial charge in [-0.1, -0.05) is 103 Å². The summed E-state index contributed by atoms with van der Waals surface area (Å²) in [5.41, 5.74) is 0.0967. The number of hydrogen-bond acceptors (Lipinski definition) is 6. The SMILES string of the molecule is CCCCCCCCCCCCCCCCCCC(=CC(=O)O)C(=O)NCCCN(C(=O)C=CC(=O)O)[C@@H](CC(=O)O)C(=O)O. The molecule has 0 bridgehead atoms. The van der Waals surface area contributed by atoms with Crippen LogP contribution in [-0.2, 0) is 28.8 Å². The van der Waals surface area contributed by atoms with Crippen molar-refractivity contribution in [2.45, 2.75) is 135 Å². The molecule has 0 aliphatic rings. The van der Waals surface area contributed by atoms with Gasteiger partial charge in [-0.05, 0) is 19.3 Å². The maximum Gasteiger partial charge on any atom is 0.328 e. The van der Waals surface area contributed by atoms with Gasteiger partial charge in [-0.15, -0.1) is 0 Å². The first-order valence-corrected chi connectivity index (χ1v) is 16.4. The van der Waals surface area contributed by atoms with Crippen molar-refractivity contribution in [2.75, 3.05) is 13.1 Å². The minimum atomic E-state index is -1.75. The van der Waals surface area contributed by atoms with Crippen molar-refractivity contribution < 1.29 is 49.2 Å². The fraction of sp³-hybridized carbons (Fsp3) is 0.697. The fourth-order valence-corrected chi connectivity index (χ4v) is 4.98. The number of nitrogens with one attached hydrogen (secondary N) is 1. The molecule has 0 aliphatic carbocycles. The van der Waals surface area contributed by atoms with E-state index in [2.05, 4.69) is 12.2 Å². The lowest BCUT2D eigenvalue weighted by molar-refractivity contribution is -0.153. The first-order chi connectivity index (χ1) is 21.5. The van der Waals surface area contributed by atoms with E-state index in [1.807, 2.05) is 0 Å². The van der Waals surface area contributed by atoms with E-state index in [9.17, 15) is 39.0 Å². The Balaban J connectivity index is 4.49. The number of rotatable bonds is 29. The summed E-state index contributed by atoms with van der Waals surface area (Å²) in [4.78, 5) is 70.5. The monoisotopic (exact) mass is 638 g/mol. The Kier molecular flexibility index (Phi) is 24.5. The van der Waals surface area contributed by atoms with Crippen LogP contribution in [0, 0.1) is 0 Å². The Bertz CT molecular complexity index is 977. The van der Waals surface area contributed by atoms with Gasteiger partial charge in [0.1, 0.15) is 6.04 Å². The van der Waals surface area contributed by atoms with Crippen LogP contribution >= 0.6 is 0 Å². The molecule has 5 N–H and O–H groups in total. The number of carbonyl (C=O) groups excluding carboxylic acids is 2. The Morgan fingerprint density at radius 1 is 0.644 bits per heavy atom. The number of hydrogen-bond donors (Lipinski definition) is 5. The van der Waals surface area contributed by atoms with Crippen LogP contribution in [-0.4, -0.2) is 80.1 Å².